The summed E-state index contributed by atoms with van der Waals surface area (Å²) in [5.41, 5.74) is 6.63. The minimum atomic E-state index is -0.332. The summed E-state index contributed by atoms with van der Waals surface area (Å²) in [6.07, 6.45) is 3.68. The fourth-order valence-electron chi connectivity index (χ4n) is 2.37. The minimum Gasteiger partial charge on any atom is -0.368 e. The molecule has 0 aliphatic carbocycles. The van der Waals surface area contributed by atoms with E-state index in [1.165, 1.54) is 5.57 Å². The quantitative estimate of drug-likeness (QED) is 0.571. The SMILES string of the molecule is C=CCON(C)[C@H]1CN(C)[C@H](C(N)=O)C=C1C(C)C. The van der Waals surface area contributed by atoms with E-state index in [2.05, 4.69) is 20.4 Å². The van der Waals surface area contributed by atoms with E-state index in [0.29, 0.717) is 19.1 Å². The summed E-state index contributed by atoms with van der Waals surface area (Å²) in [6.45, 7) is 9.06. The third-order valence-corrected chi connectivity index (χ3v) is 3.46. The minimum absolute atomic E-state index is 0.126. The fourth-order valence-corrected chi connectivity index (χ4v) is 2.37. The van der Waals surface area contributed by atoms with Crippen LogP contribution in [-0.2, 0) is 9.63 Å². The van der Waals surface area contributed by atoms with Gasteiger partial charge in [-0.1, -0.05) is 26.0 Å². The Bertz CT molecular complexity index is 366. The van der Waals surface area contributed by atoms with Gasteiger partial charge in [-0.2, -0.15) is 5.06 Å². The van der Waals surface area contributed by atoms with E-state index in [0.717, 1.165) is 0 Å². The molecule has 19 heavy (non-hydrogen) atoms. The van der Waals surface area contributed by atoms with Crippen molar-refractivity contribution in [1.82, 2.24) is 9.96 Å². The summed E-state index contributed by atoms with van der Waals surface area (Å²) in [7, 11) is 3.81. The van der Waals surface area contributed by atoms with Crippen LogP contribution in [0.3, 0.4) is 0 Å². The molecule has 0 spiro atoms. The topological polar surface area (TPSA) is 58.8 Å². The van der Waals surface area contributed by atoms with Gasteiger partial charge < -0.3 is 5.73 Å². The predicted molar refractivity (Wildman–Crippen MR) is 76.2 cm³/mol. The Morgan fingerprint density at radius 3 is 2.84 bits per heavy atom. The zero-order valence-electron chi connectivity index (χ0n) is 12.3. The van der Waals surface area contributed by atoms with E-state index in [4.69, 9.17) is 10.6 Å². The second kappa shape index (κ2) is 6.84. The first-order valence-electron chi connectivity index (χ1n) is 6.56. The molecule has 0 unspecified atom stereocenters. The van der Waals surface area contributed by atoms with Crippen LogP contribution in [-0.4, -0.2) is 55.2 Å². The number of amides is 1. The Morgan fingerprint density at radius 2 is 2.37 bits per heavy atom. The van der Waals surface area contributed by atoms with Crippen LogP contribution >= 0.6 is 0 Å². The Kier molecular flexibility index (Phi) is 5.72. The summed E-state index contributed by atoms with van der Waals surface area (Å²) in [5, 5.41) is 1.83. The zero-order chi connectivity index (χ0) is 14.6. The van der Waals surface area contributed by atoms with Crippen molar-refractivity contribution in [2.45, 2.75) is 25.9 Å². The van der Waals surface area contributed by atoms with Gasteiger partial charge in [0.2, 0.25) is 5.91 Å². The summed E-state index contributed by atoms with van der Waals surface area (Å²) in [4.78, 5) is 19.0. The van der Waals surface area contributed by atoms with E-state index < -0.39 is 0 Å². The number of carbonyl (C=O) groups excluding carboxylic acids is 1. The highest BCUT2D eigenvalue weighted by Gasteiger charge is 2.33. The molecule has 5 heteroatoms. The zero-order valence-corrected chi connectivity index (χ0v) is 12.3. The van der Waals surface area contributed by atoms with Gasteiger partial charge in [0.05, 0.1) is 12.6 Å². The van der Waals surface area contributed by atoms with Crippen molar-refractivity contribution in [3.05, 3.63) is 24.3 Å². The average molecular weight is 267 g/mol. The molecule has 0 fully saturated rings. The van der Waals surface area contributed by atoms with Gasteiger partial charge in [-0.3, -0.25) is 14.5 Å². The molecular weight excluding hydrogens is 242 g/mol. The van der Waals surface area contributed by atoms with Crippen LogP contribution in [0.1, 0.15) is 13.8 Å². The lowest BCUT2D eigenvalue weighted by molar-refractivity contribution is -0.157. The predicted octanol–water partition coefficient (Wildman–Crippen LogP) is 0.786. The van der Waals surface area contributed by atoms with E-state index >= 15 is 0 Å². The smallest absolute Gasteiger partial charge is 0.238 e. The number of rotatable bonds is 6. The van der Waals surface area contributed by atoms with Crippen molar-refractivity contribution in [2.75, 3.05) is 27.2 Å². The van der Waals surface area contributed by atoms with Gasteiger partial charge in [0.15, 0.2) is 0 Å². The van der Waals surface area contributed by atoms with Gasteiger partial charge in [0.1, 0.15) is 6.04 Å². The van der Waals surface area contributed by atoms with Crippen molar-refractivity contribution in [1.29, 1.82) is 0 Å². The molecule has 0 aromatic rings. The molecule has 5 nitrogen and oxygen atoms in total. The molecule has 0 saturated carbocycles. The molecular formula is C14H25N3O2. The molecule has 108 valence electrons. The normalized spacial score (nSPS) is 24.6. The summed E-state index contributed by atoms with van der Waals surface area (Å²) in [5.74, 6) is 0.0316. The number of hydrogen-bond acceptors (Lipinski definition) is 4. The van der Waals surface area contributed by atoms with Crippen molar-refractivity contribution >= 4 is 5.91 Å². The first kappa shape index (κ1) is 15.9. The molecule has 1 aliphatic heterocycles. The third kappa shape index (κ3) is 3.89. The number of primary amides is 1. The van der Waals surface area contributed by atoms with Crippen molar-refractivity contribution in [2.24, 2.45) is 11.7 Å². The molecule has 0 aromatic carbocycles. The molecule has 0 bridgehead atoms. The number of hydrogen-bond donors (Lipinski definition) is 1. The lowest BCUT2D eigenvalue weighted by Gasteiger charge is -2.40. The van der Waals surface area contributed by atoms with Crippen LogP contribution in [0.4, 0.5) is 0 Å². The second-order valence-corrected chi connectivity index (χ2v) is 5.25. The highest BCUT2D eigenvalue weighted by molar-refractivity contribution is 5.82. The second-order valence-electron chi connectivity index (χ2n) is 5.25. The molecule has 1 rings (SSSR count). The van der Waals surface area contributed by atoms with E-state index in [1.54, 1.807) is 6.08 Å². The number of nitrogens with two attached hydrogens (primary N) is 1. The Labute approximate surface area is 115 Å². The monoisotopic (exact) mass is 267 g/mol. The van der Waals surface area contributed by atoms with E-state index in [-0.39, 0.29) is 18.0 Å². The average Bonchev–Trinajstić information content (AvgIpc) is 2.34. The molecule has 1 aliphatic rings. The fraction of sp³-hybridized carbons (Fsp3) is 0.643. The van der Waals surface area contributed by atoms with Crippen molar-refractivity contribution < 1.29 is 9.63 Å². The van der Waals surface area contributed by atoms with Gasteiger partial charge in [0, 0.05) is 13.6 Å². The van der Waals surface area contributed by atoms with Crippen LogP contribution in [0.5, 0.6) is 0 Å². The Balaban J connectivity index is 2.94. The maximum atomic E-state index is 11.5. The number of nitrogens with zero attached hydrogens (tertiary/aromatic N) is 2. The summed E-state index contributed by atoms with van der Waals surface area (Å²) >= 11 is 0. The number of carbonyl (C=O) groups is 1. The molecule has 1 amide bonds. The van der Waals surface area contributed by atoms with Crippen LogP contribution < -0.4 is 5.73 Å². The highest BCUT2D eigenvalue weighted by Crippen LogP contribution is 2.25. The third-order valence-electron chi connectivity index (χ3n) is 3.46. The lowest BCUT2D eigenvalue weighted by atomic mass is 9.89. The first-order chi connectivity index (χ1) is 8.88. The largest absolute Gasteiger partial charge is 0.368 e. The Morgan fingerprint density at radius 1 is 1.74 bits per heavy atom. The van der Waals surface area contributed by atoms with Crippen molar-refractivity contribution in [3.63, 3.8) is 0 Å². The van der Waals surface area contributed by atoms with Crippen molar-refractivity contribution in [3.8, 4) is 0 Å². The number of hydroxylamine groups is 2. The van der Waals surface area contributed by atoms with Crippen LogP contribution in [0.2, 0.25) is 0 Å². The number of likely N-dealkylation sites (N-methyl/N-ethyl adjacent to an activating group) is 2. The molecule has 1 heterocycles. The maximum absolute atomic E-state index is 11.5. The van der Waals surface area contributed by atoms with Crippen LogP contribution in [0.15, 0.2) is 24.3 Å². The van der Waals surface area contributed by atoms with E-state index in [1.807, 2.05) is 30.1 Å². The van der Waals surface area contributed by atoms with E-state index in [9.17, 15) is 4.79 Å². The standard InChI is InChI=1S/C14H25N3O2/c1-6-7-19-17(5)13-9-16(4)12(14(15)18)8-11(13)10(2)3/h6,8,10,12-13H,1,7,9H2,2-5H3,(H2,15,18)/t12-,13-/m0/s1. The van der Waals surface area contributed by atoms with Gasteiger partial charge in [-0.15, -0.1) is 6.58 Å². The molecule has 0 aromatic heterocycles. The van der Waals surface area contributed by atoms with Gasteiger partial charge in [-0.25, -0.2) is 0 Å². The molecule has 0 radical (unpaired) electrons. The van der Waals surface area contributed by atoms with Gasteiger partial charge >= 0.3 is 0 Å². The molecule has 2 atom stereocenters. The first-order valence-corrected chi connectivity index (χ1v) is 6.56. The van der Waals surface area contributed by atoms with Gasteiger partial charge in [-0.05, 0) is 18.5 Å². The highest BCUT2D eigenvalue weighted by atomic mass is 16.7. The summed E-state index contributed by atoms with van der Waals surface area (Å²) < 4.78 is 0. The molecule has 2 N–H and O–H groups in total. The van der Waals surface area contributed by atoms with Gasteiger partial charge in [0.25, 0.3) is 0 Å². The Hall–Kier alpha value is -1.17. The molecule has 0 saturated heterocycles. The maximum Gasteiger partial charge on any atom is 0.238 e. The van der Waals surface area contributed by atoms with Crippen LogP contribution in [0, 0.1) is 5.92 Å². The lowest BCUT2D eigenvalue weighted by Crippen LogP contribution is -2.53. The summed E-state index contributed by atoms with van der Waals surface area (Å²) in [6, 6.07) is -0.206. The van der Waals surface area contributed by atoms with Crippen LogP contribution in [0.25, 0.3) is 0 Å².